The lowest BCUT2D eigenvalue weighted by Crippen LogP contribution is -2.40. The van der Waals surface area contributed by atoms with Crippen LogP contribution in [0.3, 0.4) is 0 Å². The van der Waals surface area contributed by atoms with Crippen LogP contribution in [0.1, 0.15) is 16.2 Å². The quantitative estimate of drug-likeness (QED) is 0.727. The number of rotatable bonds is 4. The number of carbonyl (C=O) groups is 1. The lowest BCUT2D eigenvalue weighted by molar-refractivity contribution is 0.0962. The van der Waals surface area contributed by atoms with Crippen molar-refractivity contribution in [3.05, 3.63) is 66.0 Å². The average Bonchev–Trinajstić information content (AvgIpc) is 3.06. The lowest BCUT2D eigenvalue weighted by atomic mass is 10.2. The fourth-order valence-electron chi connectivity index (χ4n) is 2.68. The Bertz CT molecular complexity index is 895. The smallest absolute Gasteiger partial charge is 0.316 e. The van der Waals surface area contributed by atoms with Gasteiger partial charge in [0.1, 0.15) is 23.8 Å². The van der Waals surface area contributed by atoms with Gasteiger partial charge in [0.05, 0.1) is 6.54 Å². The summed E-state index contributed by atoms with van der Waals surface area (Å²) in [5.74, 6) is -0.506. The van der Waals surface area contributed by atoms with E-state index in [4.69, 9.17) is 4.74 Å². The maximum absolute atomic E-state index is 13.1. The Kier molecular flexibility index (Phi) is 3.85. The van der Waals surface area contributed by atoms with E-state index in [-0.39, 0.29) is 24.3 Å². The number of nitrogens with zero attached hydrogens (tertiary/aromatic N) is 5. The van der Waals surface area contributed by atoms with E-state index >= 15 is 0 Å². The molecule has 0 atom stereocenters. The van der Waals surface area contributed by atoms with Crippen molar-refractivity contribution in [1.29, 1.82) is 0 Å². The molecule has 1 aliphatic rings. The van der Waals surface area contributed by atoms with E-state index in [2.05, 4.69) is 15.1 Å². The molecule has 0 spiro atoms. The molecule has 3 heterocycles. The van der Waals surface area contributed by atoms with Crippen LogP contribution in [0.2, 0.25) is 0 Å². The first kappa shape index (κ1) is 15.3. The van der Waals surface area contributed by atoms with Gasteiger partial charge < -0.3 is 9.64 Å². The SMILES string of the molecule is O=C1c2cc(COc3ncccn3)nn2CCN1c1ccc(F)cc1. The van der Waals surface area contributed by atoms with Crippen molar-refractivity contribution in [1.82, 2.24) is 19.7 Å². The van der Waals surface area contributed by atoms with Crippen LogP contribution in [0.25, 0.3) is 0 Å². The topological polar surface area (TPSA) is 73.1 Å². The third kappa shape index (κ3) is 3.06. The first-order chi connectivity index (χ1) is 12.2. The number of amides is 1. The number of hydrogen-bond donors (Lipinski definition) is 0. The Balaban J connectivity index is 1.51. The number of carbonyl (C=O) groups excluding carboxylic acids is 1. The molecule has 8 heteroatoms. The van der Waals surface area contributed by atoms with Crippen molar-refractivity contribution in [2.45, 2.75) is 13.2 Å². The predicted octanol–water partition coefficient (Wildman–Crippen LogP) is 2.05. The van der Waals surface area contributed by atoms with E-state index in [1.165, 1.54) is 12.1 Å². The molecule has 1 aliphatic heterocycles. The standard InChI is InChI=1S/C17H14FN5O2/c18-12-2-4-14(5-3-12)22-8-9-23-15(16(22)24)10-13(21-23)11-25-17-19-6-1-7-20-17/h1-7,10H,8-9,11H2. The Labute approximate surface area is 142 Å². The highest BCUT2D eigenvalue weighted by molar-refractivity contribution is 6.05. The van der Waals surface area contributed by atoms with Gasteiger partial charge in [0.25, 0.3) is 5.91 Å². The number of fused-ring (bicyclic) bond motifs is 1. The summed E-state index contributed by atoms with van der Waals surface area (Å²) < 4.78 is 20.2. The first-order valence-electron chi connectivity index (χ1n) is 7.75. The van der Waals surface area contributed by atoms with Crippen LogP contribution in [0.15, 0.2) is 48.8 Å². The van der Waals surface area contributed by atoms with Gasteiger partial charge in [-0.05, 0) is 36.4 Å². The Morgan fingerprint density at radius 2 is 1.88 bits per heavy atom. The zero-order chi connectivity index (χ0) is 17.2. The van der Waals surface area contributed by atoms with Gasteiger partial charge in [-0.15, -0.1) is 0 Å². The van der Waals surface area contributed by atoms with Crippen molar-refractivity contribution in [2.24, 2.45) is 0 Å². The van der Waals surface area contributed by atoms with E-state index in [1.807, 2.05) is 0 Å². The van der Waals surface area contributed by atoms with Gasteiger partial charge >= 0.3 is 6.01 Å². The summed E-state index contributed by atoms with van der Waals surface area (Å²) in [5, 5.41) is 4.39. The second-order valence-corrected chi connectivity index (χ2v) is 5.50. The number of halogens is 1. The van der Waals surface area contributed by atoms with Crippen molar-refractivity contribution in [3.8, 4) is 6.01 Å². The largest absolute Gasteiger partial charge is 0.457 e. The highest BCUT2D eigenvalue weighted by Gasteiger charge is 2.27. The molecule has 126 valence electrons. The Hall–Kier alpha value is -3.29. The molecule has 1 amide bonds. The monoisotopic (exact) mass is 339 g/mol. The van der Waals surface area contributed by atoms with E-state index in [1.54, 1.807) is 46.2 Å². The number of aromatic nitrogens is 4. The van der Waals surface area contributed by atoms with E-state index in [0.29, 0.717) is 30.2 Å². The van der Waals surface area contributed by atoms with Crippen LogP contribution in [0.4, 0.5) is 10.1 Å². The summed E-state index contributed by atoms with van der Waals surface area (Å²) in [6, 6.07) is 9.52. The summed E-state index contributed by atoms with van der Waals surface area (Å²) in [5.41, 5.74) is 1.76. The molecule has 2 aromatic heterocycles. The molecule has 7 nitrogen and oxygen atoms in total. The van der Waals surface area contributed by atoms with Crippen LogP contribution >= 0.6 is 0 Å². The molecular weight excluding hydrogens is 325 g/mol. The molecule has 0 saturated carbocycles. The van der Waals surface area contributed by atoms with E-state index in [0.717, 1.165) is 0 Å². The molecule has 0 aliphatic carbocycles. The minimum Gasteiger partial charge on any atom is -0.457 e. The van der Waals surface area contributed by atoms with Gasteiger partial charge in [0.2, 0.25) is 0 Å². The number of benzene rings is 1. The van der Waals surface area contributed by atoms with Crippen molar-refractivity contribution in [3.63, 3.8) is 0 Å². The first-order valence-corrected chi connectivity index (χ1v) is 7.75. The summed E-state index contributed by atoms with van der Waals surface area (Å²) in [7, 11) is 0. The lowest BCUT2D eigenvalue weighted by Gasteiger charge is -2.27. The molecule has 1 aromatic carbocycles. The fourth-order valence-corrected chi connectivity index (χ4v) is 2.68. The molecule has 0 N–H and O–H groups in total. The molecule has 0 radical (unpaired) electrons. The maximum atomic E-state index is 13.1. The Morgan fingerprint density at radius 3 is 2.64 bits per heavy atom. The molecule has 25 heavy (non-hydrogen) atoms. The molecule has 0 saturated heterocycles. The molecule has 0 bridgehead atoms. The molecular formula is C17H14FN5O2. The van der Waals surface area contributed by atoms with Crippen molar-refractivity contribution in [2.75, 3.05) is 11.4 Å². The number of hydrogen-bond acceptors (Lipinski definition) is 5. The van der Waals surface area contributed by atoms with Gasteiger partial charge in [0, 0.05) is 24.6 Å². The van der Waals surface area contributed by atoms with Crippen molar-refractivity contribution < 1.29 is 13.9 Å². The van der Waals surface area contributed by atoms with Crippen LogP contribution in [0.5, 0.6) is 6.01 Å². The van der Waals surface area contributed by atoms with Gasteiger partial charge in [-0.2, -0.15) is 5.10 Å². The second kappa shape index (κ2) is 6.31. The minimum absolute atomic E-state index is 0.174. The number of ether oxygens (including phenoxy) is 1. The third-order valence-corrected chi connectivity index (χ3v) is 3.86. The predicted molar refractivity (Wildman–Crippen MR) is 86.7 cm³/mol. The van der Waals surface area contributed by atoms with Crippen molar-refractivity contribution >= 4 is 11.6 Å². The second-order valence-electron chi connectivity index (χ2n) is 5.50. The number of anilines is 1. The summed E-state index contributed by atoms with van der Waals surface area (Å²) in [4.78, 5) is 22.3. The Morgan fingerprint density at radius 1 is 1.12 bits per heavy atom. The van der Waals surface area contributed by atoms with E-state index < -0.39 is 0 Å². The molecule has 3 aromatic rings. The third-order valence-electron chi connectivity index (χ3n) is 3.86. The van der Waals surface area contributed by atoms with Crippen LogP contribution < -0.4 is 9.64 Å². The normalized spacial score (nSPS) is 13.6. The van der Waals surface area contributed by atoms with Gasteiger partial charge in [0.15, 0.2) is 0 Å². The van der Waals surface area contributed by atoms with E-state index in [9.17, 15) is 9.18 Å². The highest BCUT2D eigenvalue weighted by atomic mass is 19.1. The van der Waals surface area contributed by atoms with Gasteiger partial charge in [-0.25, -0.2) is 14.4 Å². The minimum atomic E-state index is -0.333. The zero-order valence-electron chi connectivity index (χ0n) is 13.2. The molecule has 0 fully saturated rings. The van der Waals surface area contributed by atoms with Crippen LogP contribution in [0, 0.1) is 5.82 Å². The van der Waals surface area contributed by atoms with Gasteiger partial charge in [-0.1, -0.05) is 0 Å². The van der Waals surface area contributed by atoms with Crippen LogP contribution in [-0.4, -0.2) is 32.2 Å². The summed E-state index contributed by atoms with van der Waals surface area (Å²) in [6.45, 7) is 1.20. The molecule has 4 rings (SSSR count). The fraction of sp³-hybridized carbons (Fsp3) is 0.176. The zero-order valence-corrected chi connectivity index (χ0v) is 13.2. The van der Waals surface area contributed by atoms with Gasteiger partial charge in [-0.3, -0.25) is 9.48 Å². The average molecular weight is 339 g/mol. The maximum Gasteiger partial charge on any atom is 0.316 e. The molecule has 0 unspecified atom stereocenters. The summed E-state index contributed by atoms with van der Waals surface area (Å²) in [6.07, 6.45) is 3.18. The highest BCUT2D eigenvalue weighted by Crippen LogP contribution is 2.22. The van der Waals surface area contributed by atoms with Crippen LogP contribution in [-0.2, 0) is 13.2 Å². The summed E-state index contributed by atoms with van der Waals surface area (Å²) >= 11 is 0.